The van der Waals surface area contributed by atoms with Crippen molar-refractivity contribution in [2.75, 3.05) is 6.61 Å². The van der Waals surface area contributed by atoms with Crippen molar-refractivity contribution < 1.29 is 14.4 Å². The lowest BCUT2D eigenvalue weighted by atomic mass is 10.2. The Morgan fingerprint density at radius 1 is 1.17 bits per heavy atom. The number of hydrogen-bond acceptors (Lipinski definition) is 5. The molecule has 0 amide bonds. The van der Waals surface area contributed by atoms with E-state index in [1.807, 2.05) is 41.1 Å². The van der Waals surface area contributed by atoms with E-state index in [1.54, 1.807) is 30.5 Å². The normalized spacial score (nSPS) is 15.6. The molecule has 0 radical (unpaired) electrons. The van der Waals surface area contributed by atoms with Gasteiger partial charge in [-0.25, -0.2) is 9.78 Å². The van der Waals surface area contributed by atoms with Crippen LogP contribution in [0.2, 0.25) is 0 Å². The number of nitrogens with zero attached hydrogens (tertiary/aromatic N) is 2. The van der Waals surface area contributed by atoms with Crippen LogP contribution in [0.15, 0.2) is 67.0 Å². The number of benzene rings is 2. The molecule has 1 aliphatic rings. The van der Waals surface area contributed by atoms with Gasteiger partial charge in [0.15, 0.2) is 0 Å². The lowest BCUT2D eigenvalue weighted by Gasteiger charge is -2.15. The van der Waals surface area contributed by atoms with Gasteiger partial charge >= 0.3 is 5.97 Å². The maximum absolute atomic E-state index is 12.1. The maximum atomic E-state index is 12.1. The molecule has 0 spiro atoms. The Bertz CT molecular complexity index is 861. The molecule has 1 atom stereocenters. The summed E-state index contributed by atoms with van der Waals surface area (Å²) in [6.07, 6.45) is 3.57. The van der Waals surface area contributed by atoms with E-state index in [9.17, 15) is 4.79 Å². The summed E-state index contributed by atoms with van der Waals surface area (Å²) in [5.41, 5.74) is 4.16. The van der Waals surface area contributed by atoms with Gasteiger partial charge in [-0.3, -0.25) is 4.57 Å². The molecule has 4 rings (SSSR count). The maximum Gasteiger partial charge on any atom is 0.356 e. The number of para-hydroxylation sites is 2. The molecule has 120 valence electrons. The quantitative estimate of drug-likeness (QED) is 0.751. The Balaban J connectivity index is 1.55. The fraction of sp³-hybridized carbons (Fsp3) is 0.111. The average Bonchev–Trinajstić information content (AvgIpc) is 3.06. The smallest absolute Gasteiger partial charge is 0.356 e. The molecular formula is C18H15N3O3. The van der Waals surface area contributed by atoms with Gasteiger partial charge in [0.25, 0.3) is 0 Å². The zero-order valence-electron chi connectivity index (χ0n) is 12.8. The monoisotopic (exact) mass is 321 g/mol. The second kappa shape index (κ2) is 6.17. The fourth-order valence-corrected chi connectivity index (χ4v) is 2.65. The molecule has 0 unspecified atom stereocenters. The highest BCUT2D eigenvalue weighted by atomic mass is 16.7. The Hall–Kier alpha value is -3.12. The molecular weight excluding hydrogens is 306 g/mol. The standard InChI is InChI=1S/C18H15N3O3/c22-18(13-6-2-1-3-7-13)24-20-14-12-23-16-9-5-4-8-15(16)21-11-10-19-17(14)21/h1-11,14,20H,12H2/t14-/m1/s1. The van der Waals surface area contributed by atoms with Crippen molar-refractivity contribution >= 4 is 5.97 Å². The van der Waals surface area contributed by atoms with Gasteiger partial charge in [-0.2, -0.15) is 0 Å². The van der Waals surface area contributed by atoms with Gasteiger partial charge in [0, 0.05) is 12.4 Å². The van der Waals surface area contributed by atoms with Crippen LogP contribution in [-0.4, -0.2) is 22.1 Å². The summed E-state index contributed by atoms with van der Waals surface area (Å²) < 4.78 is 7.75. The van der Waals surface area contributed by atoms with E-state index >= 15 is 0 Å². The lowest BCUT2D eigenvalue weighted by molar-refractivity contribution is 0.00901. The first kappa shape index (κ1) is 14.5. The van der Waals surface area contributed by atoms with Crippen LogP contribution in [-0.2, 0) is 4.84 Å². The molecule has 0 fully saturated rings. The van der Waals surface area contributed by atoms with Gasteiger partial charge in [-0.1, -0.05) is 30.3 Å². The van der Waals surface area contributed by atoms with Crippen molar-refractivity contribution in [3.05, 3.63) is 78.4 Å². The van der Waals surface area contributed by atoms with Crippen LogP contribution in [0.25, 0.3) is 5.69 Å². The first-order valence-corrected chi connectivity index (χ1v) is 7.60. The molecule has 24 heavy (non-hydrogen) atoms. The Kier molecular flexibility index (Phi) is 3.72. The molecule has 0 saturated heterocycles. The number of imidazole rings is 1. The van der Waals surface area contributed by atoms with Crippen LogP contribution < -0.4 is 10.2 Å². The predicted octanol–water partition coefficient (Wildman–Crippen LogP) is 2.67. The fourth-order valence-electron chi connectivity index (χ4n) is 2.65. The summed E-state index contributed by atoms with van der Waals surface area (Å²) >= 11 is 0. The molecule has 0 saturated carbocycles. The summed E-state index contributed by atoms with van der Waals surface area (Å²) in [4.78, 5) is 21.7. The summed E-state index contributed by atoms with van der Waals surface area (Å²) in [7, 11) is 0. The molecule has 6 heteroatoms. The third-order valence-electron chi connectivity index (χ3n) is 3.81. The number of aromatic nitrogens is 2. The van der Waals surface area contributed by atoms with E-state index in [-0.39, 0.29) is 6.04 Å². The number of hydrogen-bond donors (Lipinski definition) is 1. The molecule has 2 heterocycles. The molecule has 6 nitrogen and oxygen atoms in total. The number of fused-ring (bicyclic) bond motifs is 3. The first-order chi connectivity index (χ1) is 11.8. The van der Waals surface area contributed by atoms with Crippen LogP contribution in [0.1, 0.15) is 22.2 Å². The minimum absolute atomic E-state index is 0.302. The average molecular weight is 321 g/mol. The summed E-state index contributed by atoms with van der Waals surface area (Å²) in [5, 5.41) is 0. The van der Waals surface area contributed by atoms with Crippen LogP contribution in [0.4, 0.5) is 0 Å². The number of hydroxylamine groups is 1. The van der Waals surface area contributed by atoms with Crippen molar-refractivity contribution in [1.82, 2.24) is 15.0 Å². The molecule has 1 aromatic heterocycles. The Morgan fingerprint density at radius 2 is 1.96 bits per heavy atom. The second-order valence-corrected chi connectivity index (χ2v) is 5.36. The zero-order chi connectivity index (χ0) is 16.4. The van der Waals surface area contributed by atoms with Crippen molar-refractivity contribution in [2.45, 2.75) is 6.04 Å². The summed E-state index contributed by atoms with van der Waals surface area (Å²) in [6, 6.07) is 16.2. The van der Waals surface area contributed by atoms with Gasteiger partial charge in [0.2, 0.25) is 0 Å². The van der Waals surface area contributed by atoms with Gasteiger partial charge in [0.05, 0.1) is 11.3 Å². The molecule has 0 bridgehead atoms. The Morgan fingerprint density at radius 3 is 2.83 bits per heavy atom. The largest absolute Gasteiger partial charge is 0.489 e. The topological polar surface area (TPSA) is 65.4 Å². The molecule has 1 aliphatic heterocycles. The minimum atomic E-state index is -0.449. The number of rotatable bonds is 3. The number of nitrogens with one attached hydrogen (secondary N) is 1. The van der Waals surface area contributed by atoms with E-state index in [0.717, 1.165) is 17.3 Å². The van der Waals surface area contributed by atoms with Crippen molar-refractivity contribution in [3.63, 3.8) is 0 Å². The SMILES string of the molecule is O=C(ON[C@@H]1COc2ccccc2-n2ccnc21)c1ccccc1. The summed E-state index contributed by atoms with van der Waals surface area (Å²) in [5.74, 6) is 1.03. The number of carbonyl (C=O) groups excluding carboxylic acids is 1. The third-order valence-corrected chi connectivity index (χ3v) is 3.81. The van der Waals surface area contributed by atoms with E-state index in [2.05, 4.69) is 10.5 Å². The summed E-state index contributed by atoms with van der Waals surface area (Å²) in [6.45, 7) is 0.302. The lowest BCUT2D eigenvalue weighted by Crippen LogP contribution is -2.30. The highest BCUT2D eigenvalue weighted by molar-refractivity contribution is 5.89. The molecule has 2 aromatic carbocycles. The zero-order valence-corrected chi connectivity index (χ0v) is 12.8. The van der Waals surface area contributed by atoms with E-state index in [1.165, 1.54) is 0 Å². The molecule has 1 N–H and O–H groups in total. The van der Waals surface area contributed by atoms with Crippen molar-refractivity contribution in [1.29, 1.82) is 0 Å². The van der Waals surface area contributed by atoms with Crippen LogP contribution in [0.3, 0.4) is 0 Å². The molecule has 3 aromatic rings. The highest BCUT2D eigenvalue weighted by Crippen LogP contribution is 2.29. The van der Waals surface area contributed by atoms with Crippen LogP contribution in [0.5, 0.6) is 5.75 Å². The third kappa shape index (κ3) is 2.63. The van der Waals surface area contributed by atoms with Gasteiger partial charge in [-0.15, -0.1) is 5.48 Å². The number of carbonyl (C=O) groups is 1. The Labute approximate surface area is 138 Å². The first-order valence-electron chi connectivity index (χ1n) is 7.60. The molecule has 0 aliphatic carbocycles. The number of ether oxygens (including phenoxy) is 1. The van der Waals surface area contributed by atoms with Gasteiger partial charge in [0.1, 0.15) is 24.2 Å². The van der Waals surface area contributed by atoms with E-state index in [4.69, 9.17) is 9.57 Å². The minimum Gasteiger partial charge on any atom is -0.489 e. The van der Waals surface area contributed by atoms with E-state index < -0.39 is 5.97 Å². The van der Waals surface area contributed by atoms with Crippen LogP contribution in [0, 0.1) is 0 Å². The van der Waals surface area contributed by atoms with Gasteiger partial charge < -0.3 is 9.57 Å². The predicted molar refractivity (Wildman–Crippen MR) is 86.8 cm³/mol. The van der Waals surface area contributed by atoms with E-state index in [0.29, 0.717) is 12.2 Å². The second-order valence-electron chi connectivity index (χ2n) is 5.36. The van der Waals surface area contributed by atoms with Crippen molar-refractivity contribution in [2.24, 2.45) is 0 Å². The van der Waals surface area contributed by atoms with Gasteiger partial charge in [-0.05, 0) is 24.3 Å². The van der Waals surface area contributed by atoms with Crippen LogP contribution >= 0.6 is 0 Å². The van der Waals surface area contributed by atoms with Crippen molar-refractivity contribution in [3.8, 4) is 11.4 Å². The highest BCUT2D eigenvalue weighted by Gasteiger charge is 2.25.